The molecule has 1 aliphatic carbocycles. The van der Waals surface area contributed by atoms with Crippen LogP contribution in [0, 0.1) is 18.6 Å². The maximum atomic E-state index is 16.2. The zero-order valence-electron chi connectivity index (χ0n) is 41.8. The molecule has 4 amide bonds. The molecule has 11 rings (SSSR count). The standard InChI is InChI=1S/C57H59F2N9O5/c1-33-26-39(28-43(58)52(33)38-17-24-66(25-18-38)34(2)49-29-41-46(14-21-61-53(41)64(49)5)67-32-44(59)45(60-3)30-51(67)70)55(72)63(4)40-9-7-36(8-10-40)37-15-22-65(23-16-37)31-35-6-11-47-42(27-35)57(19-20-57)56(73)68(47)48-12-13-50(69)62-54(48)71/h6-11,14,17,21,26-30,32,34,37,48,60H,12-13,15-16,18-20,22-25,31H2,1-5H3,(H,62,69,71)/t34-,48?/m0/s1. The van der Waals surface area contributed by atoms with E-state index in [1.54, 1.807) is 42.2 Å². The predicted molar refractivity (Wildman–Crippen MR) is 277 cm³/mol. The molecule has 5 aliphatic rings. The van der Waals surface area contributed by atoms with Gasteiger partial charge in [-0.05, 0) is 142 Å². The number of amides is 4. The van der Waals surface area contributed by atoms with Gasteiger partial charge in [0.25, 0.3) is 11.5 Å². The van der Waals surface area contributed by atoms with Crippen LogP contribution in [0.2, 0.25) is 0 Å². The topological polar surface area (TPSA) is 145 Å². The lowest BCUT2D eigenvalue weighted by Gasteiger charge is -2.33. The molecule has 73 heavy (non-hydrogen) atoms. The third-order valence-corrected chi connectivity index (χ3v) is 16.3. The van der Waals surface area contributed by atoms with Crippen molar-refractivity contribution in [1.82, 2.24) is 29.2 Å². The zero-order chi connectivity index (χ0) is 51.0. The van der Waals surface area contributed by atoms with Crippen molar-refractivity contribution in [2.24, 2.45) is 7.05 Å². The first kappa shape index (κ1) is 48.0. The van der Waals surface area contributed by atoms with E-state index in [2.05, 4.69) is 62.7 Å². The first-order valence-electron chi connectivity index (χ1n) is 25.3. The zero-order valence-corrected chi connectivity index (χ0v) is 41.8. The third-order valence-electron chi connectivity index (χ3n) is 16.3. The number of nitrogens with zero attached hydrogens (tertiary/aromatic N) is 7. The van der Waals surface area contributed by atoms with E-state index in [9.17, 15) is 28.4 Å². The van der Waals surface area contributed by atoms with Gasteiger partial charge in [-0.2, -0.15) is 0 Å². The quantitative estimate of drug-likeness (QED) is 0.123. The first-order valence-corrected chi connectivity index (χ1v) is 25.3. The van der Waals surface area contributed by atoms with Gasteiger partial charge in [-0.1, -0.05) is 30.3 Å². The molecule has 2 N–H and O–H groups in total. The highest BCUT2D eigenvalue weighted by molar-refractivity contribution is 6.15. The van der Waals surface area contributed by atoms with Crippen LogP contribution in [0.5, 0.6) is 0 Å². The summed E-state index contributed by atoms with van der Waals surface area (Å²) in [5, 5.41) is 5.85. The number of fused-ring (bicyclic) bond motifs is 3. The summed E-state index contributed by atoms with van der Waals surface area (Å²) in [7, 11) is 5.22. The number of hydrogen-bond donors (Lipinski definition) is 2. The maximum Gasteiger partial charge on any atom is 0.258 e. The number of anilines is 3. The Bertz CT molecular complexity index is 3330. The van der Waals surface area contributed by atoms with Crippen LogP contribution in [0.25, 0.3) is 22.3 Å². The highest BCUT2D eigenvalue weighted by atomic mass is 19.1. The molecule has 0 bridgehead atoms. The van der Waals surface area contributed by atoms with Crippen LogP contribution in [-0.2, 0) is 33.4 Å². The molecule has 16 heteroatoms. The van der Waals surface area contributed by atoms with Gasteiger partial charge in [0.1, 0.15) is 17.5 Å². The van der Waals surface area contributed by atoms with Crippen molar-refractivity contribution in [2.75, 3.05) is 55.4 Å². The van der Waals surface area contributed by atoms with Gasteiger partial charge in [0.05, 0.1) is 23.0 Å². The van der Waals surface area contributed by atoms with E-state index in [0.29, 0.717) is 54.3 Å². The van der Waals surface area contributed by atoms with Gasteiger partial charge >= 0.3 is 0 Å². The Morgan fingerprint density at radius 2 is 1.68 bits per heavy atom. The van der Waals surface area contributed by atoms with Crippen molar-refractivity contribution < 1.29 is 28.0 Å². The molecule has 4 aliphatic heterocycles. The van der Waals surface area contributed by atoms with Gasteiger partial charge in [-0.3, -0.25) is 48.6 Å². The van der Waals surface area contributed by atoms with Crippen LogP contribution < -0.4 is 26.0 Å². The minimum absolute atomic E-state index is 0.0202. The summed E-state index contributed by atoms with van der Waals surface area (Å²) in [4.78, 5) is 77.8. The molecule has 1 unspecified atom stereocenters. The molecule has 2 saturated heterocycles. The van der Waals surface area contributed by atoms with E-state index in [1.807, 2.05) is 42.8 Å². The van der Waals surface area contributed by atoms with E-state index < -0.39 is 29.0 Å². The van der Waals surface area contributed by atoms with Crippen molar-refractivity contribution in [3.63, 3.8) is 0 Å². The van der Waals surface area contributed by atoms with E-state index in [-0.39, 0.29) is 47.0 Å². The molecule has 1 saturated carbocycles. The monoisotopic (exact) mass is 987 g/mol. The number of aromatic nitrogens is 3. The molecule has 14 nitrogen and oxygen atoms in total. The van der Waals surface area contributed by atoms with Gasteiger partial charge in [0.2, 0.25) is 17.7 Å². The fourth-order valence-electron chi connectivity index (χ4n) is 12.0. The van der Waals surface area contributed by atoms with Crippen LogP contribution in [0.4, 0.5) is 25.8 Å². The summed E-state index contributed by atoms with van der Waals surface area (Å²) < 4.78 is 34.3. The SMILES string of the molecule is CNc1cc(=O)n(-c2ccnc3c2cc([C@H](C)N2CC=C(c4c(C)cc(C(=O)N(C)c5ccc(C6CCN(Cc7ccc8c(c7)C7(CC7)C(=O)N8C7CCC(=O)NC7=O)CC6)cc5)cc4F)CC2)n3C)cc1F. The fourth-order valence-corrected chi connectivity index (χ4v) is 12.0. The number of aryl methyl sites for hydroxylation is 2. The number of halogens is 2. The molecule has 3 aromatic heterocycles. The number of pyridine rings is 2. The smallest absolute Gasteiger partial charge is 0.258 e. The molecule has 376 valence electrons. The largest absolute Gasteiger partial charge is 0.386 e. The minimum Gasteiger partial charge on any atom is -0.386 e. The van der Waals surface area contributed by atoms with Crippen LogP contribution in [0.1, 0.15) is 108 Å². The predicted octanol–water partition coefficient (Wildman–Crippen LogP) is 8.04. The van der Waals surface area contributed by atoms with Gasteiger partial charge in [0, 0.05) is 99.1 Å². The van der Waals surface area contributed by atoms with E-state index in [4.69, 9.17) is 0 Å². The molecular weight excluding hydrogens is 929 g/mol. The second-order valence-corrected chi connectivity index (χ2v) is 20.6. The van der Waals surface area contributed by atoms with Gasteiger partial charge in [0.15, 0.2) is 5.82 Å². The first-order chi connectivity index (χ1) is 35.1. The lowest BCUT2D eigenvalue weighted by molar-refractivity contribution is -0.135. The van der Waals surface area contributed by atoms with Crippen molar-refractivity contribution in [3.8, 4) is 5.69 Å². The Hall–Kier alpha value is -7.30. The summed E-state index contributed by atoms with van der Waals surface area (Å²) in [5.41, 5.74) is 8.69. The number of benzene rings is 3. The molecule has 3 aromatic carbocycles. The lowest BCUT2D eigenvalue weighted by Crippen LogP contribution is -2.54. The molecule has 1 spiro atoms. The minimum atomic E-state index is -0.660. The maximum absolute atomic E-state index is 16.2. The molecule has 3 fully saturated rings. The number of likely N-dealkylation sites (tertiary alicyclic amines) is 1. The van der Waals surface area contributed by atoms with Crippen LogP contribution >= 0.6 is 0 Å². The van der Waals surface area contributed by atoms with Gasteiger partial charge in [-0.15, -0.1) is 0 Å². The number of piperidine rings is 2. The summed E-state index contributed by atoms with van der Waals surface area (Å²) in [6.45, 7) is 7.79. The average Bonchev–Trinajstić information content (AvgIpc) is 4.09. The second-order valence-electron chi connectivity index (χ2n) is 20.6. The third kappa shape index (κ3) is 8.43. The fraction of sp³-hybridized carbons (Fsp3) is 0.368. The highest BCUT2D eigenvalue weighted by Crippen LogP contribution is 2.58. The van der Waals surface area contributed by atoms with Gasteiger partial charge in [-0.25, -0.2) is 13.8 Å². The molecule has 7 heterocycles. The van der Waals surface area contributed by atoms with Crippen LogP contribution in [0.3, 0.4) is 0 Å². The summed E-state index contributed by atoms with van der Waals surface area (Å²) >= 11 is 0. The lowest BCUT2D eigenvalue weighted by atomic mass is 9.89. The Morgan fingerprint density at radius 1 is 0.918 bits per heavy atom. The molecule has 0 radical (unpaired) electrons. The summed E-state index contributed by atoms with van der Waals surface area (Å²) in [5.74, 6) is -1.61. The number of rotatable bonds is 11. The Balaban J connectivity index is 0.705. The highest BCUT2D eigenvalue weighted by Gasteiger charge is 2.61. The normalized spacial score (nSPS) is 19.5. The molecule has 6 aromatic rings. The van der Waals surface area contributed by atoms with E-state index in [1.165, 1.54) is 28.5 Å². The second kappa shape index (κ2) is 18.6. The number of hydrogen-bond acceptors (Lipinski definition) is 9. The van der Waals surface area contributed by atoms with Gasteiger partial charge < -0.3 is 14.8 Å². The Labute approximate surface area is 422 Å². The van der Waals surface area contributed by atoms with Crippen molar-refractivity contribution in [3.05, 3.63) is 152 Å². The van der Waals surface area contributed by atoms with Crippen LogP contribution in [0.15, 0.2) is 96.1 Å². The summed E-state index contributed by atoms with van der Waals surface area (Å²) in [6.07, 6.45) is 9.55. The number of imide groups is 1. The molecular formula is C57H59F2N9O5. The number of nitrogens with one attached hydrogen (secondary N) is 2. The van der Waals surface area contributed by atoms with E-state index >= 15 is 4.39 Å². The Kier molecular flexibility index (Phi) is 12.3. The summed E-state index contributed by atoms with van der Waals surface area (Å²) in [6, 6.07) is 21.7. The average molecular weight is 988 g/mol. The van der Waals surface area contributed by atoms with Crippen molar-refractivity contribution in [2.45, 2.75) is 88.8 Å². The molecule has 2 atom stereocenters. The number of carbonyl (C=O) groups excluding carboxylic acids is 4. The van der Waals surface area contributed by atoms with Crippen molar-refractivity contribution >= 4 is 57.3 Å². The number of carbonyl (C=O) groups is 4. The van der Waals surface area contributed by atoms with E-state index in [0.717, 1.165) is 84.5 Å². The van der Waals surface area contributed by atoms with Crippen molar-refractivity contribution in [1.29, 1.82) is 0 Å². The van der Waals surface area contributed by atoms with Crippen LogP contribution in [-0.4, -0.2) is 93.9 Å². The Morgan fingerprint density at radius 3 is 2.37 bits per heavy atom.